The molecular formula is C25H23N5O3. The topological polar surface area (TPSA) is 84.9 Å². The zero-order valence-corrected chi connectivity index (χ0v) is 18.6. The number of fused-ring (bicyclic) bond motifs is 1. The second-order valence-electron chi connectivity index (χ2n) is 8.07. The Morgan fingerprint density at radius 1 is 1.21 bits per heavy atom. The second kappa shape index (κ2) is 8.02. The molecule has 8 nitrogen and oxygen atoms in total. The van der Waals surface area contributed by atoms with E-state index in [2.05, 4.69) is 21.1 Å². The number of rotatable bonds is 4. The Hall–Kier alpha value is -4.25. The molecule has 5 rings (SSSR count). The summed E-state index contributed by atoms with van der Waals surface area (Å²) in [5.41, 5.74) is 3.51. The first-order valence-corrected chi connectivity index (χ1v) is 10.6. The Bertz CT molecular complexity index is 1300. The Kier molecular flexibility index (Phi) is 5.02. The van der Waals surface area contributed by atoms with Crippen molar-refractivity contribution in [2.75, 3.05) is 20.3 Å². The molecule has 8 heteroatoms. The highest BCUT2D eigenvalue weighted by atomic mass is 16.7. The molecule has 0 radical (unpaired) electrons. The van der Waals surface area contributed by atoms with Gasteiger partial charge in [0.05, 0.1) is 43.0 Å². The number of oxime groups is 1. The van der Waals surface area contributed by atoms with E-state index in [1.165, 1.54) is 0 Å². The van der Waals surface area contributed by atoms with Gasteiger partial charge in [-0.25, -0.2) is 4.98 Å². The molecule has 1 saturated heterocycles. The van der Waals surface area contributed by atoms with Crippen LogP contribution in [0.25, 0.3) is 11.8 Å². The minimum absolute atomic E-state index is 0.498. The predicted octanol–water partition coefficient (Wildman–Crippen LogP) is 3.95. The lowest BCUT2D eigenvalue weighted by Crippen LogP contribution is -2.48. The summed E-state index contributed by atoms with van der Waals surface area (Å²) in [6, 6.07) is 15.5. The Morgan fingerprint density at radius 3 is 2.73 bits per heavy atom. The van der Waals surface area contributed by atoms with Gasteiger partial charge in [-0.2, -0.15) is 5.26 Å². The van der Waals surface area contributed by atoms with Crippen molar-refractivity contribution in [2.45, 2.75) is 19.6 Å². The summed E-state index contributed by atoms with van der Waals surface area (Å²) in [7, 11) is 1.64. The van der Waals surface area contributed by atoms with Crippen LogP contribution in [-0.4, -0.2) is 40.5 Å². The van der Waals surface area contributed by atoms with Crippen molar-refractivity contribution in [3.8, 4) is 17.5 Å². The number of hydrogen-bond acceptors (Lipinski definition) is 7. The van der Waals surface area contributed by atoms with Gasteiger partial charge in [0.1, 0.15) is 12.4 Å². The summed E-state index contributed by atoms with van der Waals surface area (Å²) >= 11 is 0. The number of aryl methyl sites for hydroxylation is 1. The standard InChI is InChI=1S/C25H23N5O3/c1-17-15-29(16-27-17)21-10-19(11-22(13-21)31-3)12-23-24-28-33-25(2,30(24)8-9-32-23)20-6-4-18(14-26)5-7-20/h4-7,10-13,15-16H,8-9H2,1-3H3/b23-12+. The number of hydrogen-bond donors (Lipinski definition) is 0. The molecule has 0 N–H and O–H groups in total. The van der Waals surface area contributed by atoms with Crippen LogP contribution in [0.2, 0.25) is 0 Å². The summed E-state index contributed by atoms with van der Waals surface area (Å²) < 4.78 is 13.5. The fourth-order valence-electron chi connectivity index (χ4n) is 4.08. The maximum atomic E-state index is 9.10. The first-order chi connectivity index (χ1) is 16.0. The Morgan fingerprint density at radius 2 is 2.03 bits per heavy atom. The summed E-state index contributed by atoms with van der Waals surface area (Å²) in [5, 5.41) is 13.5. The van der Waals surface area contributed by atoms with E-state index in [9.17, 15) is 0 Å². The van der Waals surface area contributed by atoms with Gasteiger partial charge >= 0.3 is 0 Å². The number of ether oxygens (including phenoxy) is 2. The molecule has 2 aliphatic rings. The summed E-state index contributed by atoms with van der Waals surface area (Å²) in [4.78, 5) is 12.3. The molecular weight excluding hydrogens is 418 g/mol. The van der Waals surface area contributed by atoms with Crippen LogP contribution >= 0.6 is 0 Å². The number of morpholine rings is 1. The van der Waals surface area contributed by atoms with Crippen LogP contribution in [0, 0.1) is 18.3 Å². The van der Waals surface area contributed by atoms with Crippen molar-refractivity contribution >= 4 is 11.9 Å². The average molecular weight is 441 g/mol. The lowest BCUT2D eigenvalue weighted by atomic mass is 10.0. The third-order valence-electron chi connectivity index (χ3n) is 5.88. The second-order valence-corrected chi connectivity index (χ2v) is 8.07. The van der Waals surface area contributed by atoms with Crippen LogP contribution < -0.4 is 4.74 Å². The first-order valence-electron chi connectivity index (χ1n) is 10.6. The molecule has 0 spiro atoms. The van der Waals surface area contributed by atoms with E-state index >= 15 is 0 Å². The summed E-state index contributed by atoms with van der Waals surface area (Å²) in [5.74, 6) is 1.99. The van der Waals surface area contributed by atoms with E-state index in [1.807, 2.05) is 61.0 Å². The largest absolute Gasteiger partial charge is 0.497 e. The van der Waals surface area contributed by atoms with E-state index in [0.29, 0.717) is 30.3 Å². The van der Waals surface area contributed by atoms with E-state index in [4.69, 9.17) is 19.6 Å². The van der Waals surface area contributed by atoms with Crippen LogP contribution in [-0.2, 0) is 15.3 Å². The van der Waals surface area contributed by atoms with Gasteiger partial charge in [-0.05, 0) is 42.8 Å². The third kappa shape index (κ3) is 3.68. The van der Waals surface area contributed by atoms with Crippen molar-refractivity contribution in [1.82, 2.24) is 14.5 Å². The number of amidine groups is 1. The fourth-order valence-corrected chi connectivity index (χ4v) is 4.08. The van der Waals surface area contributed by atoms with Crippen LogP contribution in [0.5, 0.6) is 5.75 Å². The third-order valence-corrected chi connectivity index (χ3v) is 5.88. The van der Waals surface area contributed by atoms with Crippen LogP contribution in [0.3, 0.4) is 0 Å². The molecule has 0 amide bonds. The smallest absolute Gasteiger partial charge is 0.234 e. The molecule has 166 valence electrons. The Balaban J connectivity index is 1.48. The van der Waals surface area contributed by atoms with Crippen molar-refractivity contribution in [3.05, 3.63) is 83.1 Å². The van der Waals surface area contributed by atoms with E-state index in [-0.39, 0.29) is 0 Å². The molecule has 1 aromatic heterocycles. The van der Waals surface area contributed by atoms with Gasteiger partial charge in [-0.15, -0.1) is 0 Å². The Labute approximate surface area is 191 Å². The highest BCUT2D eigenvalue weighted by molar-refractivity contribution is 6.01. The highest BCUT2D eigenvalue weighted by Crippen LogP contribution is 2.38. The van der Waals surface area contributed by atoms with Crippen molar-refractivity contribution in [3.63, 3.8) is 0 Å². The number of benzene rings is 2. The van der Waals surface area contributed by atoms with E-state index in [1.54, 1.807) is 25.6 Å². The molecule has 2 aromatic carbocycles. The van der Waals surface area contributed by atoms with Crippen LogP contribution in [0.4, 0.5) is 0 Å². The van der Waals surface area contributed by atoms with Gasteiger partial charge in [0.15, 0.2) is 5.76 Å². The van der Waals surface area contributed by atoms with Crippen molar-refractivity contribution in [2.24, 2.45) is 5.16 Å². The van der Waals surface area contributed by atoms with Crippen LogP contribution in [0.1, 0.15) is 29.3 Å². The van der Waals surface area contributed by atoms with Gasteiger partial charge < -0.3 is 23.8 Å². The van der Waals surface area contributed by atoms with Gasteiger partial charge in [-0.3, -0.25) is 0 Å². The van der Waals surface area contributed by atoms with Gasteiger partial charge in [-0.1, -0.05) is 17.3 Å². The molecule has 0 bridgehead atoms. The number of methoxy groups -OCH3 is 1. The number of imidazole rings is 1. The molecule has 1 unspecified atom stereocenters. The number of nitriles is 1. The fraction of sp³-hybridized carbons (Fsp3) is 0.240. The molecule has 1 fully saturated rings. The zero-order valence-electron chi connectivity index (χ0n) is 18.6. The lowest BCUT2D eigenvalue weighted by molar-refractivity contribution is -0.0967. The molecule has 33 heavy (non-hydrogen) atoms. The summed E-state index contributed by atoms with van der Waals surface area (Å²) in [6.07, 6.45) is 5.68. The molecule has 1 atom stereocenters. The number of nitrogens with zero attached hydrogens (tertiary/aromatic N) is 5. The lowest BCUT2D eigenvalue weighted by Gasteiger charge is -2.37. The van der Waals surface area contributed by atoms with Crippen molar-refractivity contribution in [1.29, 1.82) is 5.26 Å². The minimum Gasteiger partial charge on any atom is -0.497 e. The predicted molar refractivity (Wildman–Crippen MR) is 123 cm³/mol. The maximum Gasteiger partial charge on any atom is 0.234 e. The summed E-state index contributed by atoms with van der Waals surface area (Å²) in [6.45, 7) is 5.05. The molecule has 3 aromatic rings. The SMILES string of the molecule is COc1cc(/C=C2/OCCN3C2=NOC3(C)c2ccc(C#N)cc2)cc(-n2cnc(C)c2)c1. The molecule has 0 aliphatic carbocycles. The monoisotopic (exact) mass is 441 g/mol. The molecule has 2 aliphatic heterocycles. The normalized spacial score (nSPS) is 20.5. The number of aromatic nitrogens is 2. The van der Waals surface area contributed by atoms with Crippen LogP contribution in [0.15, 0.2) is 65.9 Å². The van der Waals surface area contributed by atoms with E-state index in [0.717, 1.165) is 28.3 Å². The van der Waals surface area contributed by atoms with Gasteiger partial charge in [0.2, 0.25) is 11.6 Å². The minimum atomic E-state index is -0.778. The zero-order chi connectivity index (χ0) is 23.0. The van der Waals surface area contributed by atoms with Gasteiger partial charge in [0.25, 0.3) is 0 Å². The quantitative estimate of drug-likeness (QED) is 0.610. The molecule has 3 heterocycles. The highest BCUT2D eigenvalue weighted by Gasteiger charge is 2.46. The van der Waals surface area contributed by atoms with Gasteiger partial charge in [0, 0.05) is 24.8 Å². The van der Waals surface area contributed by atoms with Crippen molar-refractivity contribution < 1.29 is 14.3 Å². The van der Waals surface area contributed by atoms with E-state index < -0.39 is 5.72 Å². The first kappa shape index (κ1) is 20.6. The maximum absolute atomic E-state index is 9.10. The average Bonchev–Trinajstić information content (AvgIpc) is 3.44. The molecule has 0 saturated carbocycles.